The number of carbonyl (C=O) groups excluding carboxylic acids is 3. The number of hydrogen-bond donors (Lipinski definition) is 3. The van der Waals surface area contributed by atoms with Crippen LogP contribution in [0.25, 0.3) is 11.1 Å². The van der Waals surface area contributed by atoms with Crippen molar-refractivity contribution in [2.75, 3.05) is 30.3 Å². The maximum Gasteiger partial charge on any atom is 0.291 e. The van der Waals surface area contributed by atoms with Crippen molar-refractivity contribution < 1.29 is 14.4 Å². The highest BCUT2D eigenvalue weighted by atomic mass is 35.5. The van der Waals surface area contributed by atoms with Crippen LogP contribution in [0.3, 0.4) is 0 Å². The smallest absolute Gasteiger partial charge is 0.291 e. The number of hydrogen-bond acceptors (Lipinski definition) is 7. The van der Waals surface area contributed by atoms with Crippen LogP contribution in [0.15, 0.2) is 36.4 Å². The van der Waals surface area contributed by atoms with Gasteiger partial charge < -0.3 is 29.9 Å². The number of aromatic nitrogens is 4. The number of fused-ring (bicyclic) bond motifs is 2. The second-order valence-electron chi connectivity index (χ2n) is 13.7. The molecule has 2 aromatic carbocycles. The van der Waals surface area contributed by atoms with Crippen molar-refractivity contribution in [3.8, 4) is 11.1 Å². The van der Waals surface area contributed by atoms with E-state index in [0.29, 0.717) is 63.2 Å². The number of aldehydes is 1. The summed E-state index contributed by atoms with van der Waals surface area (Å²) in [6.07, 6.45) is 8.14. The second kappa shape index (κ2) is 14.7. The molecule has 3 N–H and O–H groups in total. The number of nitrogens with zero attached hydrogens (tertiary/aromatic N) is 5. The van der Waals surface area contributed by atoms with E-state index in [4.69, 9.17) is 28.2 Å². The summed E-state index contributed by atoms with van der Waals surface area (Å²) in [5.74, 6) is 0.861. The standard InChI is InChI=1S/C37H42Cl2N8O3/c1-45-30-13-16-40-19-28(30)41-34(45)36(49)43-26-7-3-5-24(32(26)38)25-6-4-8-27(33(25)39)44-37(50)35-42-29-20-47(18-15-31(29)46(35)2)17-14-22-9-11-23(21-48)12-10-22/h3-8,21-23,40H,9-20H2,1-2H3,(H,43,49)(H,44,50). The van der Waals surface area contributed by atoms with E-state index < -0.39 is 0 Å². The summed E-state index contributed by atoms with van der Waals surface area (Å²) >= 11 is 13.8. The SMILES string of the molecule is Cn1c(C(=O)Nc2cccc(-c3cccc(NC(=O)c4nc5c(n4C)CCN(CCC4CCC(C=O)CC4)C5)c3Cl)c2Cl)nc2c1CCNC2. The maximum absolute atomic E-state index is 13.6. The first-order valence-electron chi connectivity index (χ1n) is 17.4. The van der Waals surface area contributed by atoms with Crippen molar-refractivity contribution in [2.45, 2.75) is 58.0 Å². The predicted octanol–water partition coefficient (Wildman–Crippen LogP) is 6.03. The van der Waals surface area contributed by atoms with Crippen LogP contribution >= 0.6 is 23.2 Å². The van der Waals surface area contributed by atoms with Crippen LogP contribution in [0.5, 0.6) is 0 Å². The normalized spacial score (nSPS) is 19.0. The minimum absolute atomic E-state index is 0.240. The first kappa shape index (κ1) is 34.4. The lowest BCUT2D eigenvalue weighted by Gasteiger charge is -2.30. The molecule has 0 spiro atoms. The van der Waals surface area contributed by atoms with Gasteiger partial charge in [-0.3, -0.25) is 14.5 Å². The summed E-state index contributed by atoms with van der Waals surface area (Å²) in [6.45, 7) is 4.10. The topological polar surface area (TPSA) is 126 Å². The number of rotatable bonds is 9. The molecule has 1 fully saturated rings. The lowest BCUT2D eigenvalue weighted by Crippen LogP contribution is -2.33. The van der Waals surface area contributed by atoms with E-state index in [1.165, 1.54) is 0 Å². The van der Waals surface area contributed by atoms with Gasteiger partial charge in [0.05, 0.1) is 32.8 Å². The van der Waals surface area contributed by atoms with Gasteiger partial charge in [0.25, 0.3) is 11.8 Å². The van der Waals surface area contributed by atoms with Crippen LogP contribution < -0.4 is 16.0 Å². The zero-order valence-corrected chi connectivity index (χ0v) is 29.9. The van der Waals surface area contributed by atoms with E-state index in [1.54, 1.807) is 24.3 Å². The van der Waals surface area contributed by atoms with Crippen LogP contribution in [0.4, 0.5) is 11.4 Å². The van der Waals surface area contributed by atoms with Crippen molar-refractivity contribution in [2.24, 2.45) is 25.9 Å². The lowest BCUT2D eigenvalue weighted by atomic mass is 9.81. The van der Waals surface area contributed by atoms with Crippen LogP contribution in [0.1, 0.15) is 76.1 Å². The monoisotopic (exact) mass is 716 g/mol. The highest BCUT2D eigenvalue weighted by Crippen LogP contribution is 2.40. The fourth-order valence-electron chi connectivity index (χ4n) is 7.64. The zero-order chi connectivity index (χ0) is 34.9. The summed E-state index contributed by atoms with van der Waals surface area (Å²) in [6, 6.07) is 10.7. The van der Waals surface area contributed by atoms with E-state index in [-0.39, 0.29) is 17.7 Å². The molecule has 262 valence electrons. The molecule has 2 amide bonds. The molecule has 2 aromatic heterocycles. The number of benzene rings is 2. The Kier molecular flexibility index (Phi) is 10.1. The minimum atomic E-state index is -0.355. The molecule has 1 saturated carbocycles. The first-order valence-corrected chi connectivity index (χ1v) is 18.1. The van der Waals surface area contributed by atoms with E-state index in [2.05, 4.69) is 25.8 Å². The highest BCUT2D eigenvalue weighted by Gasteiger charge is 2.28. The summed E-state index contributed by atoms with van der Waals surface area (Å²) in [5, 5.41) is 9.82. The third-order valence-corrected chi connectivity index (χ3v) is 11.4. The Bertz CT molecular complexity index is 1940. The Hall–Kier alpha value is -4.03. The van der Waals surface area contributed by atoms with Crippen LogP contribution in [-0.2, 0) is 44.8 Å². The second-order valence-corrected chi connectivity index (χ2v) is 14.4. The molecule has 7 rings (SSSR count). The molecule has 11 nitrogen and oxygen atoms in total. The number of imidazole rings is 2. The summed E-state index contributed by atoms with van der Waals surface area (Å²) in [7, 11) is 3.74. The third kappa shape index (κ3) is 6.84. The Balaban J connectivity index is 1.03. The van der Waals surface area contributed by atoms with Crippen LogP contribution in [0.2, 0.25) is 10.0 Å². The van der Waals surface area contributed by atoms with E-state index in [0.717, 1.165) is 93.6 Å². The molecular formula is C37H42Cl2N8O3. The Morgan fingerprint density at radius 3 is 2.02 bits per heavy atom. The molecular weight excluding hydrogens is 675 g/mol. The number of halogens is 2. The largest absolute Gasteiger partial charge is 0.327 e. The van der Waals surface area contributed by atoms with E-state index in [1.807, 2.05) is 35.4 Å². The Morgan fingerprint density at radius 2 is 1.44 bits per heavy atom. The average molecular weight is 718 g/mol. The van der Waals surface area contributed by atoms with Crippen LogP contribution in [-0.4, -0.2) is 61.7 Å². The fourth-order valence-corrected chi connectivity index (χ4v) is 8.19. The van der Waals surface area contributed by atoms with E-state index >= 15 is 0 Å². The van der Waals surface area contributed by atoms with Gasteiger partial charge in [-0.15, -0.1) is 0 Å². The molecule has 50 heavy (non-hydrogen) atoms. The molecule has 2 aliphatic heterocycles. The summed E-state index contributed by atoms with van der Waals surface area (Å²) in [4.78, 5) is 49.8. The Labute approximate surface area is 301 Å². The predicted molar refractivity (Wildman–Crippen MR) is 195 cm³/mol. The van der Waals surface area contributed by atoms with Gasteiger partial charge in [-0.1, -0.05) is 47.5 Å². The molecule has 0 saturated heterocycles. The van der Waals surface area contributed by atoms with Gasteiger partial charge in [-0.2, -0.15) is 0 Å². The molecule has 0 atom stereocenters. The number of amides is 2. The summed E-state index contributed by atoms with van der Waals surface area (Å²) < 4.78 is 3.72. The minimum Gasteiger partial charge on any atom is -0.327 e. The number of anilines is 2. The molecule has 0 bridgehead atoms. The first-order chi connectivity index (χ1) is 24.2. The molecule has 13 heteroatoms. The van der Waals surface area contributed by atoms with Crippen molar-refractivity contribution in [3.05, 3.63) is 80.9 Å². The van der Waals surface area contributed by atoms with Crippen molar-refractivity contribution >= 4 is 52.7 Å². The third-order valence-electron chi connectivity index (χ3n) is 10.6. The van der Waals surface area contributed by atoms with Gasteiger partial charge in [-0.05, 0) is 56.7 Å². The van der Waals surface area contributed by atoms with Gasteiger partial charge in [0.1, 0.15) is 6.29 Å². The average Bonchev–Trinajstić information content (AvgIpc) is 3.65. The lowest BCUT2D eigenvalue weighted by molar-refractivity contribution is -0.112. The maximum atomic E-state index is 13.6. The molecule has 4 heterocycles. The number of nitrogens with one attached hydrogen (secondary N) is 3. The molecule has 1 aliphatic carbocycles. The summed E-state index contributed by atoms with van der Waals surface area (Å²) in [5.41, 5.74) is 6.01. The van der Waals surface area contributed by atoms with Crippen molar-refractivity contribution in [3.63, 3.8) is 0 Å². The van der Waals surface area contributed by atoms with Gasteiger partial charge in [0.15, 0.2) is 11.6 Å². The van der Waals surface area contributed by atoms with Crippen molar-refractivity contribution in [1.29, 1.82) is 0 Å². The fraction of sp³-hybridized carbons (Fsp3) is 0.432. The van der Waals surface area contributed by atoms with Crippen LogP contribution in [0, 0.1) is 11.8 Å². The number of carbonyl (C=O) groups is 3. The Morgan fingerprint density at radius 1 is 0.860 bits per heavy atom. The molecule has 3 aliphatic rings. The van der Waals surface area contributed by atoms with Gasteiger partial charge in [-0.25, -0.2) is 9.97 Å². The molecule has 0 radical (unpaired) electrons. The molecule has 0 unspecified atom stereocenters. The van der Waals surface area contributed by atoms with Gasteiger partial charge >= 0.3 is 0 Å². The highest BCUT2D eigenvalue weighted by molar-refractivity contribution is 6.40. The van der Waals surface area contributed by atoms with Gasteiger partial charge in [0, 0.05) is 81.5 Å². The van der Waals surface area contributed by atoms with E-state index in [9.17, 15) is 14.4 Å². The van der Waals surface area contributed by atoms with Crippen molar-refractivity contribution in [1.82, 2.24) is 29.3 Å². The van der Waals surface area contributed by atoms with Gasteiger partial charge in [0.2, 0.25) is 0 Å². The molecule has 4 aromatic rings. The zero-order valence-electron chi connectivity index (χ0n) is 28.4. The quantitative estimate of drug-likeness (QED) is 0.181.